The van der Waals surface area contributed by atoms with Crippen LogP contribution in [0, 0.1) is 0 Å². The topological polar surface area (TPSA) is 50.2 Å². The summed E-state index contributed by atoms with van der Waals surface area (Å²) in [5.41, 5.74) is 4.49. The standard InChI is InChI=1S/C21H24N4O/c1-24(18-5-4-6-18)21(26)22-13-16-9-11-17(12-10-16)14-25-15-23-19-7-2-3-8-20(19)25/h2-3,7-12,15,18H,4-6,13-14H2,1H3,(H,22,26). The summed E-state index contributed by atoms with van der Waals surface area (Å²) in [6.45, 7) is 1.35. The first-order chi connectivity index (χ1) is 12.7. The molecule has 5 heteroatoms. The second kappa shape index (κ2) is 7.20. The predicted molar refractivity (Wildman–Crippen MR) is 103 cm³/mol. The van der Waals surface area contributed by atoms with Crippen LogP contribution < -0.4 is 5.32 Å². The fourth-order valence-corrected chi connectivity index (χ4v) is 3.34. The van der Waals surface area contributed by atoms with E-state index in [0.29, 0.717) is 12.6 Å². The molecule has 2 aromatic carbocycles. The van der Waals surface area contributed by atoms with E-state index in [1.54, 1.807) is 0 Å². The molecule has 1 heterocycles. The van der Waals surface area contributed by atoms with Crippen molar-refractivity contribution in [3.05, 3.63) is 66.0 Å². The van der Waals surface area contributed by atoms with Crippen molar-refractivity contribution in [3.8, 4) is 0 Å². The van der Waals surface area contributed by atoms with Crippen molar-refractivity contribution in [2.75, 3.05) is 7.05 Å². The van der Waals surface area contributed by atoms with E-state index in [1.165, 1.54) is 12.0 Å². The maximum atomic E-state index is 12.2. The van der Waals surface area contributed by atoms with Gasteiger partial charge in [0.25, 0.3) is 0 Å². The summed E-state index contributed by atoms with van der Waals surface area (Å²) in [5, 5.41) is 3.01. The normalized spacial score (nSPS) is 14.2. The molecule has 1 fully saturated rings. The zero-order chi connectivity index (χ0) is 17.9. The number of amides is 2. The van der Waals surface area contributed by atoms with Crippen LogP contribution in [0.3, 0.4) is 0 Å². The molecule has 0 unspecified atom stereocenters. The Bertz CT molecular complexity index is 896. The third kappa shape index (κ3) is 3.43. The third-order valence-corrected chi connectivity index (χ3v) is 5.29. The molecular weight excluding hydrogens is 324 g/mol. The Morgan fingerprint density at radius 2 is 1.88 bits per heavy atom. The van der Waals surface area contributed by atoms with E-state index in [1.807, 2.05) is 36.5 Å². The molecule has 1 aliphatic carbocycles. The Morgan fingerprint density at radius 3 is 2.62 bits per heavy atom. The number of carbonyl (C=O) groups excluding carboxylic acids is 1. The first-order valence-electron chi connectivity index (χ1n) is 9.19. The van der Waals surface area contributed by atoms with Crippen molar-refractivity contribution >= 4 is 17.1 Å². The van der Waals surface area contributed by atoms with Gasteiger partial charge in [-0.15, -0.1) is 0 Å². The van der Waals surface area contributed by atoms with Gasteiger partial charge in [0.1, 0.15) is 0 Å². The van der Waals surface area contributed by atoms with Crippen molar-refractivity contribution in [2.45, 2.75) is 38.4 Å². The van der Waals surface area contributed by atoms with E-state index >= 15 is 0 Å². The second-order valence-corrected chi connectivity index (χ2v) is 7.03. The minimum absolute atomic E-state index is 0.0173. The van der Waals surface area contributed by atoms with Crippen LogP contribution in [-0.4, -0.2) is 33.6 Å². The van der Waals surface area contributed by atoms with Crippen LogP contribution >= 0.6 is 0 Å². The molecule has 4 rings (SSSR count). The molecule has 26 heavy (non-hydrogen) atoms. The number of urea groups is 1. The Hall–Kier alpha value is -2.82. The van der Waals surface area contributed by atoms with Gasteiger partial charge < -0.3 is 14.8 Å². The van der Waals surface area contributed by atoms with Gasteiger partial charge in [0.2, 0.25) is 0 Å². The number of rotatable bonds is 5. The van der Waals surface area contributed by atoms with Gasteiger partial charge in [-0.2, -0.15) is 0 Å². The van der Waals surface area contributed by atoms with E-state index in [-0.39, 0.29) is 6.03 Å². The van der Waals surface area contributed by atoms with Gasteiger partial charge in [0, 0.05) is 26.2 Å². The number of aromatic nitrogens is 2. The number of hydrogen-bond acceptors (Lipinski definition) is 2. The Kier molecular flexibility index (Phi) is 4.61. The molecule has 2 amide bonds. The molecule has 3 aromatic rings. The summed E-state index contributed by atoms with van der Waals surface area (Å²) < 4.78 is 2.15. The molecule has 1 aliphatic rings. The number of benzene rings is 2. The third-order valence-electron chi connectivity index (χ3n) is 5.29. The minimum atomic E-state index is 0.0173. The molecule has 1 saturated carbocycles. The smallest absolute Gasteiger partial charge is 0.317 e. The highest BCUT2D eigenvalue weighted by Gasteiger charge is 2.25. The first-order valence-corrected chi connectivity index (χ1v) is 9.19. The van der Waals surface area contributed by atoms with Crippen LogP contribution in [0.2, 0.25) is 0 Å². The monoisotopic (exact) mass is 348 g/mol. The van der Waals surface area contributed by atoms with E-state index in [2.05, 4.69) is 45.2 Å². The van der Waals surface area contributed by atoms with Crippen molar-refractivity contribution in [1.82, 2.24) is 19.8 Å². The summed E-state index contributed by atoms with van der Waals surface area (Å²) in [7, 11) is 1.89. The van der Waals surface area contributed by atoms with Crippen molar-refractivity contribution in [1.29, 1.82) is 0 Å². The van der Waals surface area contributed by atoms with Crippen LogP contribution in [0.5, 0.6) is 0 Å². The molecule has 5 nitrogen and oxygen atoms in total. The van der Waals surface area contributed by atoms with Gasteiger partial charge in [-0.3, -0.25) is 0 Å². The lowest BCUT2D eigenvalue weighted by atomic mass is 9.92. The number of carbonyl (C=O) groups is 1. The zero-order valence-electron chi connectivity index (χ0n) is 15.1. The van der Waals surface area contributed by atoms with Gasteiger partial charge >= 0.3 is 6.03 Å². The number of para-hydroxylation sites is 2. The number of hydrogen-bond donors (Lipinski definition) is 1. The zero-order valence-corrected chi connectivity index (χ0v) is 15.1. The Morgan fingerprint density at radius 1 is 1.15 bits per heavy atom. The van der Waals surface area contributed by atoms with Gasteiger partial charge in [-0.1, -0.05) is 36.4 Å². The van der Waals surface area contributed by atoms with Crippen molar-refractivity contribution in [2.24, 2.45) is 0 Å². The number of imidazole rings is 1. The predicted octanol–water partition coefficient (Wildman–Crippen LogP) is 3.78. The fraction of sp³-hybridized carbons (Fsp3) is 0.333. The summed E-state index contributed by atoms with van der Waals surface area (Å²) in [5.74, 6) is 0. The van der Waals surface area contributed by atoms with Gasteiger partial charge in [0.15, 0.2) is 0 Å². The van der Waals surface area contributed by atoms with Crippen LogP contribution in [0.25, 0.3) is 11.0 Å². The van der Waals surface area contributed by atoms with Gasteiger partial charge in [-0.05, 0) is 42.5 Å². The summed E-state index contributed by atoms with van der Waals surface area (Å²) in [6, 6.07) is 17.0. The molecular formula is C21H24N4O. The van der Waals surface area contributed by atoms with E-state index in [0.717, 1.165) is 36.0 Å². The summed E-state index contributed by atoms with van der Waals surface area (Å²) in [6.07, 6.45) is 5.37. The lowest BCUT2D eigenvalue weighted by molar-refractivity contribution is 0.157. The largest absolute Gasteiger partial charge is 0.334 e. The lowest BCUT2D eigenvalue weighted by Gasteiger charge is -2.34. The summed E-state index contributed by atoms with van der Waals surface area (Å²) in [4.78, 5) is 18.4. The number of nitrogens with zero attached hydrogens (tertiary/aromatic N) is 3. The maximum absolute atomic E-state index is 12.2. The Balaban J connectivity index is 1.35. The van der Waals surface area contributed by atoms with Crippen LogP contribution in [-0.2, 0) is 13.1 Å². The minimum Gasteiger partial charge on any atom is -0.334 e. The molecule has 0 radical (unpaired) electrons. The average Bonchev–Trinajstić information content (AvgIpc) is 3.02. The molecule has 0 saturated heterocycles. The van der Waals surface area contributed by atoms with Crippen LogP contribution in [0.4, 0.5) is 4.79 Å². The highest BCUT2D eigenvalue weighted by atomic mass is 16.2. The van der Waals surface area contributed by atoms with E-state index < -0.39 is 0 Å². The first kappa shape index (κ1) is 16.6. The van der Waals surface area contributed by atoms with E-state index in [9.17, 15) is 4.79 Å². The molecule has 1 N–H and O–H groups in total. The van der Waals surface area contributed by atoms with Crippen molar-refractivity contribution < 1.29 is 4.79 Å². The second-order valence-electron chi connectivity index (χ2n) is 7.03. The molecule has 0 bridgehead atoms. The Labute approximate surface area is 153 Å². The highest BCUT2D eigenvalue weighted by Crippen LogP contribution is 2.23. The summed E-state index contributed by atoms with van der Waals surface area (Å²) >= 11 is 0. The molecule has 1 aromatic heterocycles. The number of nitrogens with one attached hydrogen (secondary N) is 1. The van der Waals surface area contributed by atoms with Crippen LogP contribution in [0.1, 0.15) is 30.4 Å². The lowest BCUT2D eigenvalue weighted by Crippen LogP contribution is -2.46. The fourth-order valence-electron chi connectivity index (χ4n) is 3.34. The van der Waals surface area contributed by atoms with Crippen molar-refractivity contribution in [3.63, 3.8) is 0 Å². The molecule has 134 valence electrons. The highest BCUT2D eigenvalue weighted by molar-refractivity contribution is 5.75. The SMILES string of the molecule is CN(C(=O)NCc1ccc(Cn2cnc3ccccc32)cc1)C1CCC1. The van der Waals surface area contributed by atoms with Gasteiger partial charge in [-0.25, -0.2) is 9.78 Å². The maximum Gasteiger partial charge on any atom is 0.317 e. The van der Waals surface area contributed by atoms with Crippen LogP contribution in [0.15, 0.2) is 54.9 Å². The molecule has 0 spiro atoms. The van der Waals surface area contributed by atoms with Gasteiger partial charge in [0.05, 0.1) is 17.4 Å². The average molecular weight is 348 g/mol. The number of fused-ring (bicyclic) bond motifs is 1. The quantitative estimate of drug-likeness (QED) is 0.763. The molecule has 0 atom stereocenters. The van der Waals surface area contributed by atoms with E-state index in [4.69, 9.17) is 0 Å². The molecule has 0 aliphatic heterocycles.